The molecule has 1 unspecified atom stereocenters. The van der Waals surface area contributed by atoms with Crippen molar-refractivity contribution >= 4 is 0 Å². The van der Waals surface area contributed by atoms with Gasteiger partial charge in [-0.3, -0.25) is 9.80 Å². The number of hydrogen-bond donors (Lipinski definition) is 1. The molecule has 1 saturated heterocycles. The van der Waals surface area contributed by atoms with Gasteiger partial charge >= 0.3 is 0 Å². The monoisotopic (exact) mass is 322 g/mol. The normalized spacial score (nSPS) is 20.8. The van der Waals surface area contributed by atoms with E-state index >= 15 is 0 Å². The van der Waals surface area contributed by atoms with Gasteiger partial charge in [0.1, 0.15) is 5.82 Å². The van der Waals surface area contributed by atoms with E-state index in [1.54, 1.807) is 12.1 Å². The molecule has 0 aromatic heterocycles. The van der Waals surface area contributed by atoms with Gasteiger partial charge in [0.2, 0.25) is 0 Å². The number of morpholine rings is 1. The Balaban J connectivity index is 1.45. The smallest absolute Gasteiger partial charge is 0.123 e. The predicted molar refractivity (Wildman–Crippen MR) is 87.8 cm³/mol. The molecule has 128 valence electrons. The largest absolute Gasteiger partial charge is 0.387 e. The van der Waals surface area contributed by atoms with Crippen molar-refractivity contribution < 1.29 is 14.2 Å². The highest BCUT2D eigenvalue weighted by molar-refractivity contribution is 5.18. The van der Waals surface area contributed by atoms with Crippen molar-refractivity contribution in [3.8, 4) is 0 Å². The Kier molecular flexibility index (Phi) is 6.00. The topological polar surface area (TPSA) is 35.9 Å². The van der Waals surface area contributed by atoms with Crippen molar-refractivity contribution in [1.29, 1.82) is 0 Å². The summed E-state index contributed by atoms with van der Waals surface area (Å²) in [7, 11) is 0. The van der Waals surface area contributed by atoms with Gasteiger partial charge in [-0.05, 0) is 50.0 Å². The molecule has 0 radical (unpaired) electrons. The molecule has 5 heteroatoms. The van der Waals surface area contributed by atoms with Crippen LogP contribution in [0.1, 0.15) is 30.9 Å². The summed E-state index contributed by atoms with van der Waals surface area (Å²) >= 11 is 0. The number of hydrogen-bond acceptors (Lipinski definition) is 4. The van der Waals surface area contributed by atoms with Crippen molar-refractivity contribution in [2.75, 3.05) is 45.9 Å². The molecule has 1 aliphatic heterocycles. The Bertz CT molecular complexity index is 472. The molecular formula is C18H27FN2O2. The van der Waals surface area contributed by atoms with Gasteiger partial charge in [-0.1, -0.05) is 12.1 Å². The molecule has 1 atom stereocenters. The lowest BCUT2D eigenvalue weighted by molar-refractivity contribution is 0.0348. The van der Waals surface area contributed by atoms with E-state index in [1.807, 2.05) is 0 Å². The lowest BCUT2D eigenvalue weighted by Crippen LogP contribution is -2.39. The van der Waals surface area contributed by atoms with Gasteiger partial charge in [0.05, 0.1) is 19.3 Å². The number of ether oxygens (including phenoxy) is 1. The molecule has 1 aromatic rings. The van der Waals surface area contributed by atoms with E-state index < -0.39 is 6.10 Å². The highest BCUT2D eigenvalue weighted by Crippen LogP contribution is 2.29. The minimum absolute atomic E-state index is 0.259. The average molecular weight is 322 g/mol. The molecule has 4 nitrogen and oxygen atoms in total. The summed E-state index contributed by atoms with van der Waals surface area (Å²) in [5.74, 6) is -0.259. The first-order valence-corrected chi connectivity index (χ1v) is 8.70. The van der Waals surface area contributed by atoms with Gasteiger partial charge in [-0.15, -0.1) is 0 Å². The molecule has 1 heterocycles. The van der Waals surface area contributed by atoms with E-state index in [0.717, 1.165) is 51.4 Å². The molecule has 2 fully saturated rings. The van der Waals surface area contributed by atoms with Crippen LogP contribution in [0.3, 0.4) is 0 Å². The van der Waals surface area contributed by atoms with Crippen LogP contribution >= 0.6 is 0 Å². The number of nitrogens with zero attached hydrogens (tertiary/aromatic N) is 2. The zero-order valence-electron chi connectivity index (χ0n) is 13.7. The number of aliphatic hydroxyl groups is 1. The number of rotatable bonds is 8. The molecule has 23 heavy (non-hydrogen) atoms. The molecule has 0 spiro atoms. The van der Waals surface area contributed by atoms with Crippen LogP contribution in [0, 0.1) is 5.82 Å². The number of benzene rings is 1. The summed E-state index contributed by atoms with van der Waals surface area (Å²) in [5.41, 5.74) is 0.797. The third-order valence-corrected chi connectivity index (χ3v) is 4.75. The maximum absolute atomic E-state index is 13.0. The second kappa shape index (κ2) is 8.20. The van der Waals surface area contributed by atoms with Crippen LogP contribution < -0.4 is 0 Å². The molecule has 1 aliphatic carbocycles. The van der Waals surface area contributed by atoms with Crippen LogP contribution in [0.5, 0.6) is 0 Å². The molecule has 2 aliphatic rings. The lowest BCUT2D eigenvalue weighted by Gasteiger charge is -2.29. The minimum atomic E-state index is -0.542. The third kappa shape index (κ3) is 5.24. The highest BCUT2D eigenvalue weighted by atomic mass is 19.1. The molecule has 1 saturated carbocycles. The number of aliphatic hydroxyl groups excluding tert-OH is 1. The first-order chi connectivity index (χ1) is 11.2. The Morgan fingerprint density at radius 2 is 1.91 bits per heavy atom. The van der Waals surface area contributed by atoms with Crippen LogP contribution in [0.15, 0.2) is 24.3 Å². The molecule has 1 aromatic carbocycles. The van der Waals surface area contributed by atoms with Crippen LogP contribution in [0.2, 0.25) is 0 Å². The second-order valence-corrected chi connectivity index (χ2v) is 6.60. The zero-order valence-corrected chi connectivity index (χ0v) is 13.7. The van der Waals surface area contributed by atoms with Crippen molar-refractivity contribution in [2.24, 2.45) is 0 Å². The van der Waals surface area contributed by atoms with Gasteiger partial charge in [0.15, 0.2) is 0 Å². The third-order valence-electron chi connectivity index (χ3n) is 4.75. The fraction of sp³-hybridized carbons (Fsp3) is 0.667. The fourth-order valence-electron chi connectivity index (χ4n) is 3.20. The first-order valence-electron chi connectivity index (χ1n) is 8.70. The fourth-order valence-corrected chi connectivity index (χ4v) is 3.20. The van der Waals surface area contributed by atoms with Gasteiger partial charge in [0, 0.05) is 25.7 Å². The van der Waals surface area contributed by atoms with Crippen molar-refractivity contribution in [3.63, 3.8) is 0 Å². The Morgan fingerprint density at radius 3 is 2.57 bits per heavy atom. The van der Waals surface area contributed by atoms with E-state index in [4.69, 9.17) is 4.74 Å². The summed E-state index contributed by atoms with van der Waals surface area (Å²) in [4.78, 5) is 4.85. The SMILES string of the molecule is OC(CN(CCCN1CCOCC1)C1CC1)c1ccc(F)cc1. The van der Waals surface area contributed by atoms with Gasteiger partial charge < -0.3 is 9.84 Å². The van der Waals surface area contributed by atoms with E-state index in [0.29, 0.717) is 12.6 Å². The van der Waals surface area contributed by atoms with Gasteiger partial charge in [0.25, 0.3) is 0 Å². The summed E-state index contributed by atoms with van der Waals surface area (Å²) in [6.07, 6.45) is 3.04. The standard InChI is InChI=1S/C18H27FN2O2/c19-16-4-2-15(3-5-16)18(22)14-21(17-6-7-17)9-1-8-20-10-12-23-13-11-20/h2-5,17-18,22H,1,6-14H2. The minimum Gasteiger partial charge on any atom is -0.387 e. The van der Waals surface area contributed by atoms with E-state index in [1.165, 1.54) is 25.0 Å². The first kappa shape index (κ1) is 16.8. The Morgan fingerprint density at radius 1 is 1.22 bits per heavy atom. The maximum atomic E-state index is 13.0. The Hall–Kier alpha value is -1.01. The maximum Gasteiger partial charge on any atom is 0.123 e. The van der Waals surface area contributed by atoms with Crippen LogP contribution in [-0.4, -0.2) is 66.9 Å². The Labute approximate surface area is 137 Å². The van der Waals surface area contributed by atoms with Crippen LogP contribution in [0.4, 0.5) is 4.39 Å². The van der Waals surface area contributed by atoms with Gasteiger partial charge in [-0.25, -0.2) is 4.39 Å². The van der Waals surface area contributed by atoms with Crippen LogP contribution in [0.25, 0.3) is 0 Å². The quantitative estimate of drug-likeness (QED) is 0.795. The van der Waals surface area contributed by atoms with E-state index in [-0.39, 0.29) is 5.82 Å². The van der Waals surface area contributed by atoms with Crippen molar-refractivity contribution in [2.45, 2.75) is 31.4 Å². The van der Waals surface area contributed by atoms with E-state index in [2.05, 4.69) is 9.80 Å². The molecule has 3 rings (SSSR count). The summed E-state index contributed by atoms with van der Waals surface area (Å²) in [6.45, 7) is 6.49. The summed E-state index contributed by atoms with van der Waals surface area (Å²) in [5, 5.41) is 10.4. The summed E-state index contributed by atoms with van der Waals surface area (Å²) in [6, 6.07) is 6.81. The predicted octanol–water partition coefficient (Wildman–Crippen LogP) is 2.05. The second-order valence-electron chi connectivity index (χ2n) is 6.60. The summed E-state index contributed by atoms with van der Waals surface area (Å²) < 4.78 is 18.4. The molecule has 0 amide bonds. The molecular weight excluding hydrogens is 295 g/mol. The lowest BCUT2D eigenvalue weighted by atomic mass is 10.1. The molecule has 0 bridgehead atoms. The number of halogens is 1. The zero-order chi connectivity index (χ0) is 16.1. The van der Waals surface area contributed by atoms with Crippen LogP contribution in [-0.2, 0) is 4.74 Å². The van der Waals surface area contributed by atoms with Gasteiger partial charge in [-0.2, -0.15) is 0 Å². The highest BCUT2D eigenvalue weighted by Gasteiger charge is 2.30. The van der Waals surface area contributed by atoms with E-state index in [9.17, 15) is 9.50 Å². The molecule has 1 N–H and O–H groups in total. The van der Waals surface area contributed by atoms with Crippen molar-refractivity contribution in [1.82, 2.24) is 9.80 Å². The van der Waals surface area contributed by atoms with Crippen molar-refractivity contribution in [3.05, 3.63) is 35.6 Å². The average Bonchev–Trinajstić information content (AvgIpc) is 3.40.